The fourth-order valence-electron chi connectivity index (χ4n) is 2.75. The number of halogens is 3. The monoisotopic (exact) mass is 552 g/mol. The van der Waals surface area contributed by atoms with Crippen LogP contribution in [-0.4, -0.2) is 22.5 Å². The first-order valence-corrected chi connectivity index (χ1v) is 12.4. The van der Waals surface area contributed by atoms with Crippen molar-refractivity contribution < 1.29 is 9.21 Å². The predicted octanol–water partition coefficient (Wildman–Crippen LogP) is 8.12. The number of likely N-dealkylation sites (N-methyl/N-ethyl adjacent to an activating group) is 1. The number of benzene rings is 2. The van der Waals surface area contributed by atoms with E-state index < -0.39 is 0 Å². The van der Waals surface area contributed by atoms with Gasteiger partial charge in [0.15, 0.2) is 10.3 Å². The number of hydrogen-bond donors (Lipinski definition) is 0. The third kappa shape index (κ3) is 5.41. The van der Waals surface area contributed by atoms with Crippen LogP contribution >= 0.6 is 62.7 Å². The summed E-state index contributed by atoms with van der Waals surface area (Å²) < 4.78 is 6.68. The smallest absolute Gasteiger partial charge is 0.266 e. The maximum Gasteiger partial charge on any atom is 0.266 e. The van der Waals surface area contributed by atoms with E-state index in [0.717, 1.165) is 14.5 Å². The summed E-state index contributed by atoms with van der Waals surface area (Å²) in [5.74, 6) is 0.508. The number of nitrogens with zero attached hydrogens (tertiary/aromatic N) is 2. The first-order chi connectivity index (χ1) is 14.9. The minimum absolute atomic E-state index is 0.0993. The van der Waals surface area contributed by atoms with Crippen LogP contribution in [0, 0.1) is 0 Å². The lowest BCUT2D eigenvalue weighted by molar-refractivity contribution is -0.122. The molecular weight excluding hydrogens is 539 g/mol. The Hall–Kier alpha value is -1.64. The van der Waals surface area contributed by atoms with Crippen molar-refractivity contribution in [1.82, 2.24) is 4.90 Å². The third-order valence-electron chi connectivity index (χ3n) is 4.24. The predicted molar refractivity (Wildman–Crippen MR) is 133 cm³/mol. The van der Waals surface area contributed by atoms with Crippen LogP contribution < -0.4 is 0 Å². The van der Waals surface area contributed by atoms with E-state index in [1.54, 1.807) is 17.0 Å². The number of amides is 1. The van der Waals surface area contributed by atoms with E-state index in [-0.39, 0.29) is 5.91 Å². The molecule has 3 aromatic rings. The number of furan rings is 1. The molecule has 0 unspecified atom stereocenters. The molecule has 1 aliphatic heterocycles. The summed E-state index contributed by atoms with van der Waals surface area (Å²) >= 11 is 18.3. The van der Waals surface area contributed by atoms with Crippen LogP contribution in [-0.2, 0) is 4.79 Å². The van der Waals surface area contributed by atoms with E-state index in [1.165, 1.54) is 23.5 Å². The van der Waals surface area contributed by atoms with Gasteiger partial charge < -0.3 is 4.42 Å². The molecule has 31 heavy (non-hydrogen) atoms. The summed E-state index contributed by atoms with van der Waals surface area (Å²) in [5, 5.41) is 2.60. The summed E-state index contributed by atoms with van der Waals surface area (Å²) in [6, 6.07) is 16.7. The highest BCUT2D eigenvalue weighted by molar-refractivity contribution is 9.10. The average Bonchev–Trinajstić information content (AvgIpc) is 3.30. The molecule has 4 rings (SSSR count). The molecule has 1 amide bonds. The van der Waals surface area contributed by atoms with Crippen molar-refractivity contribution in [1.29, 1.82) is 0 Å². The molecule has 1 aliphatic rings. The quantitative estimate of drug-likeness (QED) is 0.299. The topological polar surface area (TPSA) is 45.8 Å². The van der Waals surface area contributed by atoms with E-state index in [9.17, 15) is 4.79 Å². The average molecular weight is 554 g/mol. The van der Waals surface area contributed by atoms with Crippen LogP contribution in [0.4, 0.5) is 5.69 Å². The standard InChI is InChI=1S/C22H15BrCl2N2O2S2/c1-2-27-21(28)19(31-22(27)26-14-5-9-17(23)18(25)11-14)12-15-6-10-20(29-15)30-16-7-3-13(24)4-8-16/h3-12H,2H2,1H3/b19-12+,26-22?. The number of thioether (sulfide) groups is 1. The molecule has 0 bridgehead atoms. The minimum atomic E-state index is -0.0993. The highest BCUT2D eigenvalue weighted by Gasteiger charge is 2.32. The van der Waals surface area contributed by atoms with E-state index in [4.69, 9.17) is 27.6 Å². The molecule has 1 saturated heterocycles. The van der Waals surface area contributed by atoms with Crippen molar-refractivity contribution in [3.8, 4) is 0 Å². The van der Waals surface area contributed by atoms with Gasteiger partial charge in [0.1, 0.15) is 5.76 Å². The van der Waals surface area contributed by atoms with E-state index in [0.29, 0.717) is 38.1 Å². The van der Waals surface area contributed by atoms with Crippen molar-refractivity contribution in [2.75, 3.05) is 6.54 Å². The van der Waals surface area contributed by atoms with Crippen molar-refractivity contribution in [3.05, 3.63) is 79.8 Å². The molecule has 1 fully saturated rings. The van der Waals surface area contributed by atoms with Crippen molar-refractivity contribution in [2.45, 2.75) is 16.9 Å². The molecule has 1 aromatic heterocycles. The van der Waals surface area contributed by atoms with Gasteiger partial charge in [0, 0.05) is 27.0 Å². The lowest BCUT2D eigenvalue weighted by atomic mass is 10.3. The van der Waals surface area contributed by atoms with E-state index in [2.05, 4.69) is 20.9 Å². The molecule has 4 nitrogen and oxygen atoms in total. The summed E-state index contributed by atoms with van der Waals surface area (Å²) in [6.07, 6.45) is 1.75. The zero-order chi connectivity index (χ0) is 22.0. The Labute approximate surface area is 206 Å². The Morgan fingerprint density at radius 1 is 1.16 bits per heavy atom. The number of aliphatic imine (C=N–C) groups is 1. The van der Waals surface area contributed by atoms with Gasteiger partial charge in [0.2, 0.25) is 0 Å². The van der Waals surface area contributed by atoms with Gasteiger partial charge in [-0.3, -0.25) is 9.69 Å². The summed E-state index contributed by atoms with van der Waals surface area (Å²) in [7, 11) is 0. The van der Waals surface area contributed by atoms with Gasteiger partial charge in [-0.1, -0.05) is 35.0 Å². The van der Waals surface area contributed by atoms with Gasteiger partial charge in [-0.25, -0.2) is 4.99 Å². The molecule has 0 N–H and O–H groups in total. The van der Waals surface area contributed by atoms with Gasteiger partial charge in [0.25, 0.3) is 5.91 Å². The van der Waals surface area contributed by atoms with Crippen LogP contribution in [0.1, 0.15) is 12.7 Å². The first kappa shape index (κ1) is 22.6. The third-order valence-corrected chi connectivity index (χ3v) is 7.66. The lowest BCUT2D eigenvalue weighted by Gasteiger charge is -2.12. The highest BCUT2D eigenvalue weighted by Crippen LogP contribution is 2.36. The fourth-order valence-corrected chi connectivity index (χ4v) is 5.12. The van der Waals surface area contributed by atoms with E-state index in [1.807, 2.05) is 55.5 Å². The second-order valence-electron chi connectivity index (χ2n) is 6.37. The van der Waals surface area contributed by atoms with Crippen LogP contribution in [0.25, 0.3) is 6.08 Å². The largest absolute Gasteiger partial charge is 0.450 e. The Balaban J connectivity index is 1.54. The Morgan fingerprint density at radius 2 is 1.94 bits per heavy atom. The molecular formula is C22H15BrCl2N2O2S2. The van der Waals surface area contributed by atoms with Crippen molar-refractivity contribution >= 4 is 85.5 Å². The molecule has 0 saturated carbocycles. The molecule has 0 atom stereocenters. The Morgan fingerprint density at radius 3 is 2.65 bits per heavy atom. The van der Waals surface area contributed by atoms with Crippen molar-refractivity contribution in [2.24, 2.45) is 4.99 Å². The minimum Gasteiger partial charge on any atom is -0.450 e. The van der Waals surface area contributed by atoms with Gasteiger partial charge in [-0.2, -0.15) is 0 Å². The molecule has 0 aliphatic carbocycles. The lowest BCUT2D eigenvalue weighted by Crippen LogP contribution is -2.28. The molecule has 9 heteroatoms. The van der Waals surface area contributed by atoms with Crippen LogP contribution in [0.2, 0.25) is 10.0 Å². The zero-order valence-corrected chi connectivity index (χ0v) is 20.9. The van der Waals surface area contributed by atoms with Gasteiger partial charge in [-0.05, 0) is 89.2 Å². The van der Waals surface area contributed by atoms with Gasteiger partial charge in [0.05, 0.1) is 15.6 Å². The first-order valence-electron chi connectivity index (χ1n) is 9.21. The van der Waals surface area contributed by atoms with E-state index >= 15 is 0 Å². The summed E-state index contributed by atoms with van der Waals surface area (Å²) in [6.45, 7) is 2.43. The molecule has 0 spiro atoms. The van der Waals surface area contributed by atoms with Crippen LogP contribution in [0.3, 0.4) is 0 Å². The highest BCUT2D eigenvalue weighted by atomic mass is 79.9. The normalized spacial score (nSPS) is 16.6. The fraction of sp³-hybridized carbons (Fsp3) is 0.0909. The summed E-state index contributed by atoms with van der Waals surface area (Å²) in [4.78, 5) is 20.7. The Kier molecular flexibility index (Phi) is 7.19. The van der Waals surface area contributed by atoms with Gasteiger partial charge >= 0.3 is 0 Å². The molecule has 2 aromatic carbocycles. The molecule has 0 radical (unpaired) electrons. The number of hydrogen-bond acceptors (Lipinski definition) is 5. The Bertz CT molecular complexity index is 1190. The number of rotatable bonds is 5. The maximum absolute atomic E-state index is 12.9. The summed E-state index contributed by atoms with van der Waals surface area (Å²) in [5.41, 5.74) is 0.683. The van der Waals surface area contributed by atoms with Crippen LogP contribution in [0.5, 0.6) is 0 Å². The number of amidine groups is 1. The zero-order valence-electron chi connectivity index (χ0n) is 16.1. The second kappa shape index (κ2) is 9.88. The van der Waals surface area contributed by atoms with Gasteiger partial charge in [-0.15, -0.1) is 0 Å². The SMILES string of the molecule is CCN1C(=O)/C(=C\c2ccc(Sc3ccc(Cl)cc3)o2)SC1=Nc1ccc(Br)c(Cl)c1. The number of carbonyl (C=O) groups is 1. The second-order valence-corrected chi connectivity index (χ2v) is 10.2. The van der Waals surface area contributed by atoms with Crippen LogP contribution in [0.15, 0.2) is 83.4 Å². The maximum atomic E-state index is 12.9. The molecule has 158 valence electrons. The number of carbonyl (C=O) groups excluding carboxylic acids is 1. The van der Waals surface area contributed by atoms with Crippen molar-refractivity contribution in [3.63, 3.8) is 0 Å². The molecule has 2 heterocycles.